The number of hydrogen-bond acceptors (Lipinski definition) is 3. The van der Waals surface area contributed by atoms with Crippen LogP contribution in [0.25, 0.3) is 0 Å². The number of aryl methyl sites for hydroxylation is 1. The number of halogens is 1. The molecule has 5 heteroatoms. The molecule has 2 atom stereocenters. The third-order valence-electron chi connectivity index (χ3n) is 4.01. The molecule has 0 aromatic carbocycles. The summed E-state index contributed by atoms with van der Waals surface area (Å²) >= 11 is 3.38. The van der Waals surface area contributed by atoms with Gasteiger partial charge in [0.25, 0.3) is 5.56 Å². The first kappa shape index (κ1) is 14.6. The van der Waals surface area contributed by atoms with Gasteiger partial charge in [0.05, 0.1) is 11.9 Å². The first-order valence-electron chi connectivity index (χ1n) is 7.11. The monoisotopic (exact) mass is 327 g/mol. The molecular weight excluding hydrogens is 306 g/mol. The first-order valence-corrected chi connectivity index (χ1v) is 7.91. The van der Waals surface area contributed by atoms with E-state index in [0.29, 0.717) is 10.5 Å². The predicted octanol–water partition coefficient (Wildman–Crippen LogP) is 3.31. The van der Waals surface area contributed by atoms with Gasteiger partial charge in [-0.05, 0) is 41.1 Å². The topological polar surface area (TPSA) is 46.9 Å². The van der Waals surface area contributed by atoms with Crippen molar-refractivity contribution in [3.8, 4) is 0 Å². The quantitative estimate of drug-likeness (QED) is 0.902. The maximum absolute atomic E-state index is 11.8. The lowest BCUT2D eigenvalue weighted by molar-refractivity contribution is 0.448. The van der Waals surface area contributed by atoms with E-state index in [-0.39, 0.29) is 5.56 Å². The van der Waals surface area contributed by atoms with Gasteiger partial charge in [-0.15, -0.1) is 0 Å². The highest BCUT2D eigenvalue weighted by molar-refractivity contribution is 9.10. The van der Waals surface area contributed by atoms with E-state index < -0.39 is 0 Å². The van der Waals surface area contributed by atoms with Gasteiger partial charge in [0.1, 0.15) is 4.47 Å². The molecule has 1 N–H and O–H groups in total. The summed E-state index contributed by atoms with van der Waals surface area (Å²) in [6, 6.07) is 0.483. The van der Waals surface area contributed by atoms with E-state index in [2.05, 4.69) is 33.3 Å². The van der Waals surface area contributed by atoms with Crippen LogP contribution in [-0.4, -0.2) is 15.8 Å². The van der Waals surface area contributed by atoms with E-state index in [4.69, 9.17) is 0 Å². The first-order chi connectivity index (χ1) is 9.13. The molecule has 1 heterocycles. The van der Waals surface area contributed by atoms with Crippen LogP contribution in [-0.2, 0) is 7.05 Å². The van der Waals surface area contributed by atoms with Gasteiger partial charge in [0, 0.05) is 13.1 Å². The van der Waals surface area contributed by atoms with Gasteiger partial charge in [-0.1, -0.05) is 26.2 Å². The molecule has 0 bridgehead atoms. The summed E-state index contributed by atoms with van der Waals surface area (Å²) < 4.78 is 1.93. The van der Waals surface area contributed by atoms with Crippen molar-refractivity contribution in [2.75, 3.05) is 5.32 Å². The third-order valence-corrected chi connectivity index (χ3v) is 4.77. The fraction of sp³-hybridized carbons (Fsp3) is 0.714. The summed E-state index contributed by atoms with van der Waals surface area (Å²) in [7, 11) is 1.66. The summed E-state index contributed by atoms with van der Waals surface area (Å²) in [5.41, 5.74) is 0.740. The molecule has 1 saturated carbocycles. The molecule has 106 valence electrons. The van der Waals surface area contributed by atoms with Crippen LogP contribution in [0, 0.1) is 5.92 Å². The van der Waals surface area contributed by atoms with E-state index >= 15 is 0 Å². The van der Waals surface area contributed by atoms with E-state index in [1.807, 2.05) is 0 Å². The van der Waals surface area contributed by atoms with Crippen LogP contribution in [0.15, 0.2) is 15.5 Å². The molecule has 1 aliphatic rings. The van der Waals surface area contributed by atoms with Crippen LogP contribution in [0.4, 0.5) is 5.69 Å². The molecule has 2 rings (SSSR count). The molecule has 1 aliphatic carbocycles. The Balaban J connectivity index is 2.08. The summed E-state index contributed by atoms with van der Waals surface area (Å²) in [4.78, 5) is 11.8. The van der Waals surface area contributed by atoms with Crippen LogP contribution in [0.3, 0.4) is 0 Å². The normalized spacial score (nSPS) is 22.7. The minimum atomic E-state index is -0.0897. The largest absolute Gasteiger partial charge is 0.380 e. The van der Waals surface area contributed by atoms with Crippen molar-refractivity contribution in [1.29, 1.82) is 0 Å². The lowest BCUT2D eigenvalue weighted by atomic mass is 9.97. The Kier molecular flexibility index (Phi) is 5.02. The fourth-order valence-corrected chi connectivity index (χ4v) is 3.32. The zero-order valence-electron chi connectivity index (χ0n) is 11.7. The van der Waals surface area contributed by atoms with Gasteiger partial charge in [0.2, 0.25) is 0 Å². The molecule has 0 aliphatic heterocycles. The number of aromatic nitrogens is 2. The van der Waals surface area contributed by atoms with Crippen LogP contribution in [0.1, 0.15) is 45.4 Å². The van der Waals surface area contributed by atoms with Gasteiger partial charge in [0.15, 0.2) is 0 Å². The predicted molar refractivity (Wildman–Crippen MR) is 81.5 cm³/mol. The molecule has 0 saturated heterocycles. The lowest BCUT2D eigenvalue weighted by Crippen LogP contribution is -2.27. The Morgan fingerprint density at radius 3 is 3.05 bits per heavy atom. The molecule has 19 heavy (non-hydrogen) atoms. The fourth-order valence-electron chi connectivity index (χ4n) is 2.85. The molecule has 0 radical (unpaired) electrons. The van der Waals surface area contributed by atoms with Gasteiger partial charge in [-0.2, -0.15) is 5.10 Å². The SMILES string of the molecule is CCCCC1CCCC1Nc1cnn(C)c(=O)c1Br. The second-order valence-corrected chi connectivity index (χ2v) is 6.18. The summed E-state index contributed by atoms with van der Waals surface area (Å²) in [5, 5.41) is 7.59. The van der Waals surface area contributed by atoms with E-state index in [1.54, 1.807) is 13.2 Å². The van der Waals surface area contributed by atoms with Crippen LogP contribution >= 0.6 is 15.9 Å². The van der Waals surface area contributed by atoms with Crippen molar-refractivity contribution in [2.45, 2.75) is 51.5 Å². The molecule has 0 spiro atoms. The average Bonchev–Trinajstić information content (AvgIpc) is 2.84. The van der Waals surface area contributed by atoms with E-state index in [1.165, 1.54) is 43.2 Å². The van der Waals surface area contributed by atoms with Crippen molar-refractivity contribution in [3.05, 3.63) is 21.0 Å². The lowest BCUT2D eigenvalue weighted by Gasteiger charge is -2.22. The Hall–Kier alpha value is -0.840. The molecule has 0 amide bonds. The van der Waals surface area contributed by atoms with Gasteiger partial charge >= 0.3 is 0 Å². The van der Waals surface area contributed by atoms with Gasteiger partial charge in [-0.25, -0.2) is 4.68 Å². The zero-order chi connectivity index (χ0) is 13.8. The van der Waals surface area contributed by atoms with Crippen molar-refractivity contribution in [2.24, 2.45) is 13.0 Å². The number of hydrogen-bond donors (Lipinski definition) is 1. The number of nitrogens with zero attached hydrogens (tertiary/aromatic N) is 2. The van der Waals surface area contributed by atoms with Crippen LogP contribution < -0.4 is 10.9 Å². The highest BCUT2D eigenvalue weighted by Gasteiger charge is 2.27. The molecular formula is C14H22BrN3O. The van der Waals surface area contributed by atoms with Crippen LogP contribution in [0.2, 0.25) is 0 Å². The maximum atomic E-state index is 11.8. The highest BCUT2D eigenvalue weighted by atomic mass is 79.9. The Labute approximate surface area is 122 Å². The van der Waals surface area contributed by atoms with Gasteiger partial charge < -0.3 is 5.32 Å². The molecule has 1 fully saturated rings. The smallest absolute Gasteiger partial charge is 0.282 e. The number of nitrogens with one attached hydrogen (secondary N) is 1. The minimum absolute atomic E-state index is 0.0897. The summed E-state index contributed by atoms with van der Waals surface area (Å²) in [6.07, 6.45) is 9.33. The Morgan fingerprint density at radius 1 is 1.53 bits per heavy atom. The Morgan fingerprint density at radius 2 is 2.32 bits per heavy atom. The standard InChI is InChI=1S/C14H22BrN3O/c1-3-4-6-10-7-5-8-11(10)17-12-9-16-18(2)14(19)13(12)15/h9-11,17H,3-8H2,1-2H3. The zero-order valence-corrected chi connectivity index (χ0v) is 13.2. The third kappa shape index (κ3) is 3.38. The molecule has 4 nitrogen and oxygen atoms in total. The summed E-state index contributed by atoms with van der Waals surface area (Å²) in [6.45, 7) is 2.23. The Bertz CT molecular complexity index is 486. The molecule has 1 aromatic rings. The minimum Gasteiger partial charge on any atom is -0.380 e. The maximum Gasteiger partial charge on any atom is 0.282 e. The van der Waals surface area contributed by atoms with E-state index in [0.717, 1.165) is 11.6 Å². The number of anilines is 1. The second-order valence-electron chi connectivity index (χ2n) is 5.39. The molecule has 1 aromatic heterocycles. The summed E-state index contributed by atoms with van der Waals surface area (Å²) in [5.74, 6) is 0.732. The van der Waals surface area contributed by atoms with Crippen LogP contribution in [0.5, 0.6) is 0 Å². The van der Waals surface area contributed by atoms with Crippen molar-refractivity contribution < 1.29 is 0 Å². The van der Waals surface area contributed by atoms with Crippen molar-refractivity contribution in [1.82, 2.24) is 9.78 Å². The highest BCUT2D eigenvalue weighted by Crippen LogP contribution is 2.33. The average molecular weight is 328 g/mol. The molecule has 2 unspecified atom stereocenters. The van der Waals surface area contributed by atoms with Gasteiger partial charge in [-0.3, -0.25) is 4.79 Å². The number of unbranched alkanes of at least 4 members (excludes halogenated alkanes) is 1. The van der Waals surface area contributed by atoms with E-state index in [9.17, 15) is 4.79 Å². The van der Waals surface area contributed by atoms with Crippen molar-refractivity contribution >= 4 is 21.6 Å². The number of rotatable bonds is 5. The second kappa shape index (κ2) is 6.55. The van der Waals surface area contributed by atoms with Crippen molar-refractivity contribution in [3.63, 3.8) is 0 Å².